The summed E-state index contributed by atoms with van der Waals surface area (Å²) in [6, 6.07) is 15.7. The third-order valence-corrected chi connectivity index (χ3v) is 3.80. The largest absolute Gasteiger partial charge is 0.301 e. The minimum absolute atomic E-state index is 0.263. The van der Waals surface area contributed by atoms with Gasteiger partial charge < -0.3 is 5.32 Å². The van der Waals surface area contributed by atoms with Crippen LogP contribution >= 0.6 is 27.7 Å². The smallest absolute Gasteiger partial charge is 0.279 e. The van der Waals surface area contributed by atoms with Crippen LogP contribution in [0.3, 0.4) is 0 Å². The molecule has 6 heteroatoms. The van der Waals surface area contributed by atoms with Gasteiger partial charge in [-0.05, 0) is 36.6 Å². The number of rotatable bonds is 2. The number of nitrogens with zero attached hydrogens (tertiary/aromatic N) is 1. The molecule has 0 aromatic heterocycles. The highest BCUT2D eigenvalue weighted by Crippen LogP contribution is 2.13. The van der Waals surface area contributed by atoms with E-state index in [1.54, 1.807) is 48.7 Å². The van der Waals surface area contributed by atoms with Crippen LogP contribution in [-0.4, -0.2) is 23.2 Å². The molecule has 0 aliphatic rings. The number of aliphatic imine (C=N–C) groups is 1. The Morgan fingerprint density at radius 3 is 2.36 bits per heavy atom. The highest BCUT2D eigenvalue weighted by molar-refractivity contribution is 9.10. The van der Waals surface area contributed by atoms with Gasteiger partial charge in [-0.3, -0.25) is 9.59 Å². The second-order valence-corrected chi connectivity index (χ2v) is 5.97. The van der Waals surface area contributed by atoms with Crippen LogP contribution < -0.4 is 5.32 Å². The molecule has 1 N–H and O–H groups in total. The summed E-state index contributed by atoms with van der Waals surface area (Å²) >= 11 is 4.51. The first-order valence-electron chi connectivity index (χ1n) is 6.39. The molecule has 0 atom stereocenters. The van der Waals surface area contributed by atoms with Crippen molar-refractivity contribution in [3.63, 3.8) is 0 Å². The van der Waals surface area contributed by atoms with Gasteiger partial charge in [0.15, 0.2) is 5.17 Å². The molecule has 0 fully saturated rings. The summed E-state index contributed by atoms with van der Waals surface area (Å²) in [5.41, 5.74) is 0.967. The molecule has 0 spiro atoms. The van der Waals surface area contributed by atoms with Gasteiger partial charge in [0, 0.05) is 15.6 Å². The highest BCUT2D eigenvalue weighted by atomic mass is 79.9. The van der Waals surface area contributed by atoms with Crippen molar-refractivity contribution in [2.75, 3.05) is 6.26 Å². The summed E-state index contributed by atoms with van der Waals surface area (Å²) in [7, 11) is 0. The van der Waals surface area contributed by atoms with Crippen molar-refractivity contribution < 1.29 is 9.59 Å². The number of amidine groups is 1. The Hall–Kier alpha value is -1.92. The zero-order valence-corrected chi connectivity index (χ0v) is 14.1. The fourth-order valence-electron chi connectivity index (χ4n) is 1.66. The number of carbonyl (C=O) groups is 2. The average Bonchev–Trinajstić information content (AvgIpc) is 2.54. The number of hydrogen-bond donors (Lipinski definition) is 1. The second-order valence-electron chi connectivity index (χ2n) is 4.26. The van der Waals surface area contributed by atoms with E-state index in [4.69, 9.17) is 0 Å². The van der Waals surface area contributed by atoms with E-state index in [0.29, 0.717) is 11.1 Å². The Morgan fingerprint density at radius 1 is 1.05 bits per heavy atom. The molecule has 2 rings (SSSR count). The van der Waals surface area contributed by atoms with Gasteiger partial charge in [0.2, 0.25) is 0 Å². The first kappa shape index (κ1) is 16.5. The number of halogens is 1. The molecule has 0 unspecified atom stereocenters. The van der Waals surface area contributed by atoms with Gasteiger partial charge in [0.25, 0.3) is 11.8 Å². The fourth-order valence-corrected chi connectivity index (χ4v) is 2.43. The van der Waals surface area contributed by atoms with Crippen LogP contribution in [-0.2, 0) is 0 Å². The first-order valence-corrected chi connectivity index (χ1v) is 8.41. The molecule has 0 heterocycles. The zero-order valence-electron chi connectivity index (χ0n) is 11.7. The summed E-state index contributed by atoms with van der Waals surface area (Å²) in [4.78, 5) is 28.1. The molecule has 2 aromatic carbocycles. The lowest BCUT2D eigenvalue weighted by molar-refractivity contribution is 0.0978. The van der Waals surface area contributed by atoms with Crippen molar-refractivity contribution in [3.8, 4) is 0 Å². The monoisotopic (exact) mass is 376 g/mol. The Morgan fingerprint density at radius 2 is 1.73 bits per heavy atom. The van der Waals surface area contributed by atoms with Crippen LogP contribution in [0.2, 0.25) is 0 Å². The van der Waals surface area contributed by atoms with Gasteiger partial charge in [-0.25, -0.2) is 0 Å². The van der Waals surface area contributed by atoms with Crippen LogP contribution in [0.1, 0.15) is 20.7 Å². The van der Waals surface area contributed by atoms with Crippen LogP contribution in [0.15, 0.2) is 64.1 Å². The van der Waals surface area contributed by atoms with Gasteiger partial charge in [-0.2, -0.15) is 4.99 Å². The first-order chi connectivity index (χ1) is 10.6. The topological polar surface area (TPSA) is 58.5 Å². The molecule has 112 valence electrons. The minimum Gasteiger partial charge on any atom is -0.301 e. The lowest BCUT2D eigenvalue weighted by Gasteiger charge is -2.06. The van der Waals surface area contributed by atoms with Gasteiger partial charge in [-0.1, -0.05) is 52.0 Å². The van der Waals surface area contributed by atoms with Crippen LogP contribution in [0, 0.1) is 0 Å². The number of carbonyl (C=O) groups excluding carboxylic acids is 2. The Balaban J connectivity index is 2.14. The van der Waals surface area contributed by atoms with Crippen molar-refractivity contribution in [2.45, 2.75) is 0 Å². The second kappa shape index (κ2) is 7.91. The van der Waals surface area contributed by atoms with E-state index in [1.807, 2.05) is 12.1 Å². The number of amides is 2. The van der Waals surface area contributed by atoms with Crippen molar-refractivity contribution >= 4 is 44.7 Å². The van der Waals surface area contributed by atoms with Gasteiger partial charge in [-0.15, -0.1) is 0 Å². The molecule has 2 amide bonds. The van der Waals surface area contributed by atoms with Crippen molar-refractivity contribution in [2.24, 2.45) is 4.99 Å². The lowest BCUT2D eigenvalue weighted by Crippen LogP contribution is -2.29. The summed E-state index contributed by atoms with van der Waals surface area (Å²) in [6.07, 6.45) is 1.75. The third kappa shape index (κ3) is 4.54. The predicted molar refractivity (Wildman–Crippen MR) is 93.3 cm³/mol. The molecule has 0 bridgehead atoms. The van der Waals surface area contributed by atoms with Crippen molar-refractivity contribution in [3.05, 3.63) is 70.2 Å². The lowest BCUT2D eigenvalue weighted by atomic mass is 10.2. The molecule has 0 radical (unpaired) electrons. The Labute approximate surface area is 141 Å². The molecule has 0 aliphatic carbocycles. The molecule has 2 aromatic rings. The van der Waals surface area contributed by atoms with E-state index >= 15 is 0 Å². The Kier molecular flexibility index (Phi) is 5.91. The van der Waals surface area contributed by atoms with Gasteiger partial charge in [0.1, 0.15) is 0 Å². The maximum Gasteiger partial charge on any atom is 0.279 e. The normalized spacial score (nSPS) is 11.1. The molecule has 22 heavy (non-hydrogen) atoms. The van der Waals surface area contributed by atoms with E-state index in [9.17, 15) is 9.59 Å². The summed E-state index contributed by atoms with van der Waals surface area (Å²) in [5.74, 6) is -0.699. The zero-order chi connectivity index (χ0) is 15.9. The standard InChI is InChI=1S/C16H13BrN2O2S/c1-22-16(18-14(20)11-6-3-2-4-7-11)19-15(21)12-8-5-9-13(17)10-12/h2-10H,1H3,(H,18,19,20,21). The maximum absolute atomic E-state index is 12.1. The van der Waals surface area contributed by atoms with E-state index in [2.05, 4.69) is 26.2 Å². The van der Waals surface area contributed by atoms with E-state index in [-0.39, 0.29) is 11.1 Å². The molecule has 0 saturated carbocycles. The van der Waals surface area contributed by atoms with Gasteiger partial charge >= 0.3 is 0 Å². The third-order valence-electron chi connectivity index (χ3n) is 2.72. The predicted octanol–water partition coefficient (Wildman–Crippen LogP) is 3.74. The summed E-state index contributed by atoms with van der Waals surface area (Å²) < 4.78 is 0.799. The minimum atomic E-state index is -0.404. The van der Waals surface area contributed by atoms with Crippen molar-refractivity contribution in [1.29, 1.82) is 0 Å². The number of benzene rings is 2. The quantitative estimate of drug-likeness (QED) is 0.641. The Bertz CT molecular complexity index is 717. The van der Waals surface area contributed by atoms with Gasteiger partial charge in [0.05, 0.1) is 0 Å². The van der Waals surface area contributed by atoms with Crippen LogP contribution in [0.5, 0.6) is 0 Å². The highest BCUT2D eigenvalue weighted by Gasteiger charge is 2.11. The van der Waals surface area contributed by atoms with Crippen molar-refractivity contribution in [1.82, 2.24) is 5.32 Å². The number of hydrogen-bond acceptors (Lipinski definition) is 3. The molecule has 0 saturated heterocycles. The van der Waals surface area contributed by atoms with E-state index < -0.39 is 5.91 Å². The molecule has 4 nitrogen and oxygen atoms in total. The fraction of sp³-hybridized carbons (Fsp3) is 0.0625. The van der Waals surface area contributed by atoms with E-state index in [1.165, 1.54) is 11.8 Å². The van der Waals surface area contributed by atoms with Crippen LogP contribution in [0.4, 0.5) is 0 Å². The van der Waals surface area contributed by atoms with E-state index in [0.717, 1.165) is 4.47 Å². The number of thioether (sulfide) groups is 1. The summed E-state index contributed by atoms with van der Waals surface area (Å²) in [6.45, 7) is 0. The average molecular weight is 377 g/mol. The summed E-state index contributed by atoms with van der Waals surface area (Å²) in [5, 5.41) is 2.90. The molecule has 0 aliphatic heterocycles. The maximum atomic E-state index is 12.1. The SMILES string of the molecule is CSC(=NC(=O)c1cccc(Br)c1)NC(=O)c1ccccc1. The van der Waals surface area contributed by atoms with Crippen LogP contribution in [0.25, 0.3) is 0 Å². The molecular formula is C16H13BrN2O2S. The number of nitrogens with one attached hydrogen (secondary N) is 1. The molecular weight excluding hydrogens is 364 g/mol.